The summed E-state index contributed by atoms with van der Waals surface area (Å²) >= 11 is 0. The van der Waals surface area contributed by atoms with E-state index in [-0.39, 0.29) is 13.0 Å². The Labute approximate surface area is 208 Å². The molecule has 1 aliphatic rings. The van der Waals surface area contributed by atoms with Crippen LogP contribution in [-0.2, 0) is 16.1 Å². The van der Waals surface area contributed by atoms with Gasteiger partial charge in [0.1, 0.15) is 23.4 Å². The number of amides is 4. The number of halogens is 1. The van der Waals surface area contributed by atoms with Gasteiger partial charge in [0.15, 0.2) is 0 Å². The van der Waals surface area contributed by atoms with Crippen LogP contribution in [0.25, 0.3) is 0 Å². The van der Waals surface area contributed by atoms with Crippen LogP contribution in [0.2, 0.25) is 0 Å². The first-order valence-corrected chi connectivity index (χ1v) is 11.5. The lowest BCUT2D eigenvalue weighted by Crippen LogP contribution is -2.37. The summed E-state index contributed by atoms with van der Waals surface area (Å²) in [5.41, 5.74) is 1.50. The molecule has 1 atom stereocenters. The Balaban J connectivity index is 1.57. The Morgan fingerprint density at radius 1 is 1.00 bits per heavy atom. The van der Waals surface area contributed by atoms with Crippen molar-refractivity contribution in [2.24, 2.45) is 0 Å². The van der Waals surface area contributed by atoms with Gasteiger partial charge in [-0.25, -0.2) is 14.1 Å². The Bertz CT molecular complexity index is 1250. The predicted octanol–water partition coefficient (Wildman–Crippen LogP) is 4.60. The van der Waals surface area contributed by atoms with Gasteiger partial charge in [0, 0.05) is 18.3 Å². The Kier molecular flexibility index (Phi) is 7.48. The number of hydrogen-bond acceptors (Lipinski definition) is 5. The largest absolute Gasteiger partial charge is 0.497 e. The monoisotopic (exact) mass is 491 g/mol. The molecule has 4 rings (SSSR count). The summed E-state index contributed by atoms with van der Waals surface area (Å²) in [5, 5.41) is 2.77. The van der Waals surface area contributed by atoms with Crippen LogP contribution in [0, 0.1) is 5.82 Å². The minimum absolute atomic E-state index is 0.0340. The fourth-order valence-electron chi connectivity index (χ4n) is 3.98. The van der Waals surface area contributed by atoms with Crippen molar-refractivity contribution in [2.45, 2.75) is 25.9 Å². The molecule has 0 saturated carbocycles. The SMILES string of the molecule is CCOc1ccc(NC(=O)C[C@@H]2C(=O)N(c3cccc(OC)c3)C(=O)N2Cc2ccc(F)cc2)cc1. The zero-order chi connectivity index (χ0) is 25.7. The van der Waals surface area contributed by atoms with E-state index in [1.165, 1.54) is 24.1 Å². The fourth-order valence-corrected chi connectivity index (χ4v) is 3.98. The number of carbonyl (C=O) groups excluding carboxylic acids is 3. The van der Waals surface area contributed by atoms with Crippen molar-refractivity contribution in [1.82, 2.24) is 4.90 Å². The molecule has 3 aromatic carbocycles. The highest BCUT2D eigenvalue weighted by molar-refractivity contribution is 6.22. The third-order valence-corrected chi connectivity index (χ3v) is 5.72. The molecule has 0 radical (unpaired) electrons. The van der Waals surface area contributed by atoms with E-state index in [1.54, 1.807) is 60.7 Å². The van der Waals surface area contributed by atoms with E-state index in [1.807, 2.05) is 6.92 Å². The van der Waals surface area contributed by atoms with Crippen LogP contribution in [-0.4, -0.2) is 42.5 Å². The minimum atomic E-state index is -1.04. The Hall–Kier alpha value is -4.40. The van der Waals surface area contributed by atoms with E-state index < -0.39 is 29.7 Å². The molecule has 1 fully saturated rings. The maximum atomic E-state index is 13.4. The van der Waals surface area contributed by atoms with Crippen molar-refractivity contribution in [3.63, 3.8) is 0 Å². The first kappa shape index (κ1) is 24.7. The van der Waals surface area contributed by atoms with Crippen molar-refractivity contribution in [2.75, 3.05) is 23.9 Å². The van der Waals surface area contributed by atoms with Crippen molar-refractivity contribution in [3.8, 4) is 11.5 Å². The molecule has 0 unspecified atom stereocenters. The Morgan fingerprint density at radius 2 is 1.72 bits per heavy atom. The van der Waals surface area contributed by atoms with E-state index >= 15 is 0 Å². The first-order chi connectivity index (χ1) is 17.4. The molecule has 0 spiro atoms. The van der Waals surface area contributed by atoms with E-state index in [4.69, 9.17) is 9.47 Å². The van der Waals surface area contributed by atoms with Crippen LogP contribution < -0.4 is 19.7 Å². The molecule has 0 bridgehead atoms. The first-order valence-electron chi connectivity index (χ1n) is 11.5. The fraction of sp³-hybridized carbons (Fsp3) is 0.222. The summed E-state index contributed by atoms with van der Waals surface area (Å²) in [4.78, 5) is 42.1. The van der Waals surface area contributed by atoms with Gasteiger partial charge < -0.3 is 19.7 Å². The van der Waals surface area contributed by atoms with Gasteiger partial charge in [-0.1, -0.05) is 18.2 Å². The highest BCUT2D eigenvalue weighted by Crippen LogP contribution is 2.30. The number of imide groups is 1. The van der Waals surface area contributed by atoms with E-state index in [0.717, 1.165) is 4.90 Å². The van der Waals surface area contributed by atoms with Crippen LogP contribution in [0.1, 0.15) is 18.9 Å². The number of hydrogen-bond donors (Lipinski definition) is 1. The summed E-state index contributed by atoms with van der Waals surface area (Å²) in [6.45, 7) is 2.44. The molecular weight excluding hydrogens is 465 g/mol. The topological polar surface area (TPSA) is 88.2 Å². The van der Waals surface area contributed by atoms with Crippen molar-refractivity contribution in [1.29, 1.82) is 0 Å². The molecule has 0 aromatic heterocycles. The number of nitrogens with zero attached hydrogens (tertiary/aromatic N) is 2. The molecule has 3 aromatic rings. The van der Waals surface area contributed by atoms with Crippen molar-refractivity contribution in [3.05, 3.63) is 84.2 Å². The third-order valence-electron chi connectivity index (χ3n) is 5.72. The maximum Gasteiger partial charge on any atom is 0.332 e. The highest BCUT2D eigenvalue weighted by Gasteiger charge is 2.46. The lowest BCUT2D eigenvalue weighted by atomic mass is 10.1. The molecule has 4 amide bonds. The second kappa shape index (κ2) is 10.9. The van der Waals surface area contributed by atoms with Crippen LogP contribution in [0.15, 0.2) is 72.8 Å². The zero-order valence-electron chi connectivity index (χ0n) is 19.9. The van der Waals surface area contributed by atoms with Crippen LogP contribution >= 0.6 is 0 Å². The predicted molar refractivity (Wildman–Crippen MR) is 132 cm³/mol. The number of methoxy groups -OCH3 is 1. The average Bonchev–Trinajstić information content (AvgIpc) is 3.10. The van der Waals surface area contributed by atoms with Gasteiger partial charge in [0.2, 0.25) is 5.91 Å². The van der Waals surface area contributed by atoms with E-state index in [0.29, 0.717) is 35.0 Å². The Morgan fingerprint density at radius 3 is 2.39 bits per heavy atom. The smallest absolute Gasteiger partial charge is 0.332 e. The van der Waals surface area contributed by atoms with Crippen molar-refractivity contribution >= 4 is 29.2 Å². The average molecular weight is 492 g/mol. The van der Waals surface area contributed by atoms with Gasteiger partial charge in [-0.3, -0.25) is 9.59 Å². The second-order valence-corrected chi connectivity index (χ2v) is 8.14. The molecule has 1 saturated heterocycles. The minimum Gasteiger partial charge on any atom is -0.497 e. The molecule has 36 heavy (non-hydrogen) atoms. The third kappa shape index (κ3) is 5.46. The molecular formula is C27H26FN3O5. The summed E-state index contributed by atoms with van der Waals surface area (Å²) in [5.74, 6) is -0.215. The van der Waals surface area contributed by atoms with Gasteiger partial charge in [-0.2, -0.15) is 0 Å². The number of benzene rings is 3. The van der Waals surface area contributed by atoms with E-state index in [2.05, 4.69) is 5.32 Å². The van der Waals surface area contributed by atoms with E-state index in [9.17, 15) is 18.8 Å². The van der Waals surface area contributed by atoms with Gasteiger partial charge in [0.05, 0.1) is 25.8 Å². The van der Waals surface area contributed by atoms with Gasteiger partial charge in [-0.15, -0.1) is 0 Å². The highest BCUT2D eigenvalue weighted by atomic mass is 19.1. The molecule has 1 aliphatic heterocycles. The summed E-state index contributed by atoms with van der Waals surface area (Å²) in [6.07, 6.45) is -0.251. The van der Waals surface area contributed by atoms with Gasteiger partial charge >= 0.3 is 6.03 Å². The molecule has 8 nitrogen and oxygen atoms in total. The van der Waals surface area contributed by atoms with Crippen LogP contribution in [0.4, 0.5) is 20.6 Å². The summed E-state index contributed by atoms with van der Waals surface area (Å²) in [6, 6.07) is 17.5. The van der Waals surface area contributed by atoms with Gasteiger partial charge in [0.25, 0.3) is 5.91 Å². The normalized spacial score (nSPS) is 15.2. The number of urea groups is 1. The number of anilines is 2. The lowest BCUT2D eigenvalue weighted by Gasteiger charge is -2.21. The summed E-state index contributed by atoms with van der Waals surface area (Å²) < 4.78 is 24.0. The maximum absolute atomic E-state index is 13.4. The molecule has 186 valence electrons. The number of ether oxygens (including phenoxy) is 2. The molecule has 1 heterocycles. The number of carbonyl (C=O) groups is 3. The molecule has 1 N–H and O–H groups in total. The van der Waals surface area contributed by atoms with Crippen LogP contribution in [0.3, 0.4) is 0 Å². The van der Waals surface area contributed by atoms with Crippen molar-refractivity contribution < 1.29 is 28.2 Å². The quantitative estimate of drug-likeness (QED) is 0.442. The second-order valence-electron chi connectivity index (χ2n) is 8.14. The number of nitrogens with one attached hydrogen (secondary N) is 1. The van der Waals surface area contributed by atoms with Gasteiger partial charge in [-0.05, 0) is 61.0 Å². The standard InChI is InChI=1S/C27H26FN3O5/c1-3-36-22-13-11-20(12-14-22)29-25(32)16-24-26(33)31(21-5-4-6-23(15-21)35-2)27(34)30(24)17-18-7-9-19(28)10-8-18/h4-15,24H,3,16-17H2,1-2H3,(H,29,32)/t24-/m1/s1. The molecule has 0 aliphatic carbocycles. The zero-order valence-corrected chi connectivity index (χ0v) is 19.9. The lowest BCUT2D eigenvalue weighted by molar-refractivity contribution is -0.124. The molecule has 9 heteroatoms. The number of rotatable bonds is 9. The summed E-state index contributed by atoms with van der Waals surface area (Å²) in [7, 11) is 1.49. The van der Waals surface area contributed by atoms with Crippen LogP contribution in [0.5, 0.6) is 11.5 Å².